The lowest BCUT2D eigenvalue weighted by Crippen LogP contribution is -2.76. The molecule has 7 rings (SSSR count). The molecule has 2 bridgehead atoms. The van der Waals surface area contributed by atoms with Crippen LogP contribution >= 0.6 is 0 Å². The SMILES string of the molecule is CN(C(=O)C=Cc1cccc(OC(F)(F)F)c1)[C@@H]1C=C[C@@]2(O)[C@H]3Cc4ccc(O)c5c4[C@@]2(CCN3CCc2ccccc2)[C@H]1O5. The van der Waals surface area contributed by atoms with Crippen LogP contribution in [0.25, 0.3) is 6.08 Å². The number of ether oxygens (including phenoxy) is 2. The molecule has 1 fully saturated rings. The van der Waals surface area contributed by atoms with Crippen molar-refractivity contribution in [3.63, 3.8) is 0 Å². The molecule has 0 radical (unpaired) electrons. The Bertz CT molecular complexity index is 1690. The van der Waals surface area contributed by atoms with Gasteiger partial charge in [0.05, 0.1) is 11.5 Å². The zero-order chi connectivity index (χ0) is 31.6. The van der Waals surface area contributed by atoms with E-state index in [2.05, 4.69) is 21.8 Å². The van der Waals surface area contributed by atoms with Crippen molar-refractivity contribution >= 4 is 12.0 Å². The maximum atomic E-state index is 13.5. The molecule has 45 heavy (non-hydrogen) atoms. The Labute approximate surface area is 258 Å². The fourth-order valence-corrected chi connectivity index (χ4v) is 7.93. The summed E-state index contributed by atoms with van der Waals surface area (Å²) in [5.41, 5.74) is 1.25. The number of hydrogen-bond donors (Lipinski definition) is 2. The average molecular weight is 619 g/mol. The highest BCUT2D eigenvalue weighted by Gasteiger charge is 2.72. The molecule has 1 spiro atoms. The Hall–Kier alpha value is -4.28. The molecule has 2 N–H and O–H groups in total. The summed E-state index contributed by atoms with van der Waals surface area (Å²) in [6.07, 6.45) is 2.87. The van der Waals surface area contributed by atoms with Crippen LogP contribution in [0.1, 0.15) is 28.7 Å². The zero-order valence-corrected chi connectivity index (χ0v) is 24.6. The Morgan fingerprint density at radius 3 is 2.73 bits per heavy atom. The number of aliphatic hydroxyl groups is 1. The summed E-state index contributed by atoms with van der Waals surface area (Å²) in [6.45, 7) is 1.48. The number of likely N-dealkylation sites (N-methyl/N-ethyl adjacent to an activating group) is 1. The van der Waals surface area contributed by atoms with Gasteiger partial charge >= 0.3 is 6.36 Å². The van der Waals surface area contributed by atoms with Crippen molar-refractivity contribution in [1.82, 2.24) is 9.80 Å². The molecule has 7 nitrogen and oxygen atoms in total. The number of halogens is 3. The van der Waals surface area contributed by atoms with E-state index < -0.39 is 35.4 Å². The van der Waals surface area contributed by atoms with Crippen LogP contribution < -0.4 is 9.47 Å². The van der Waals surface area contributed by atoms with Crippen LogP contribution in [0.15, 0.2) is 85.0 Å². The molecule has 4 aliphatic rings. The molecule has 1 amide bonds. The van der Waals surface area contributed by atoms with Crippen LogP contribution in [0.2, 0.25) is 0 Å². The standard InChI is InChI=1S/C35H33F3N2O5/c1-39(29(42)13-10-23-8-5-9-25(20-23)45-35(36,37)38)26-14-16-34(43)28-21-24-11-12-27(41)31-30(24)33(34,32(26)44-31)17-19-40(28)18-15-22-6-3-2-4-7-22/h2-14,16,20,26,28,32,41,43H,15,17-19,21H2,1H3/t26-,28-,32+,33+,34-/m1/s1. The van der Waals surface area contributed by atoms with Crippen LogP contribution in [-0.2, 0) is 23.1 Å². The zero-order valence-electron chi connectivity index (χ0n) is 24.6. The second-order valence-electron chi connectivity index (χ2n) is 12.3. The molecule has 3 aromatic rings. The minimum Gasteiger partial charge on any atom is -0.504 e. The lowest BCUT2D eigenvalue weighted by atomic mass is 9.50. The fraction of sp³-hybridized carbons (Fsp3) is 0.343. The minimum atomic E-state index is -4.82. The first-order chi connectivity index (χ1) is 21.5. The third-order valence-electron chi connectivity index (χ3n) is 9.96. The van der Waals surface area contributed by atoms with E-state index in [0.717, 1.165) is 24.1 Å². The summed E-state index contributed by atoms with van der Waals surface area (Å²) < 4.78 is 48.6. The Balaban J connectivity index is 1.19. The van der Waals surface area contributed by atoms with E-state index in [9.17, 15) is 28.2 Å². The Kier molecular flexibility index (Phi) is 6.98. The van der Waals surface area contributed by atoms with Gasteiger partial charge in [-0.3, -0.25) is 9.69 Å². The van der Waals surface area contributed by atoms with E-state index >= 15 is 0 Å². The van der Waals surface area contributed by atoms with Crippen molar-refractivity contribution in [3.05, 3.63) is 107 Å². The van der Waals surface area contributed by atoms with E-state index in [-0.39, 0.29) is 17.5 Å². The third kappa shape index (κ3) is 4.78. The molecule has 0 aromatic heterocycles. The van der Waals surface area contributed by atoms with E-state index in [1.54, 1.807) is 19.2 Å². The first-order valence-electron chi connectivity index (χ1n) is 15.0. The summed E-state index contributed by atoms with van der Waals surface area (Å²) >= 11 is 0. The van der Waals surface area contributed by atoms with Gasteiger partial charge in [0.2, 0.25) is 5.91 Å². The van der Waals surface area contributed by atoms with Crippen molar-refractivity contribution < 1.29 is 37.7 Å². The molecule has 0 unspecified atom stereocenters. The average Bonchev–Trinajstić information content (AvgIpc) is 3.36. The molecule has 2 heterocycles. The van der Waals surface area contributed by atoms with Gasteiger partial charge in [-0.25, -0.2) is 0 Å². The van der Waals surface area contributed by atoms with Crippen LogP contribution in [-0.4, -0.2) is 76.2 Å². The molecule has 5 atom stereocenters. The van der Waals surface area contributed by atoms with Gasteiger partial charge in [0.15, 0.2) is 11.5 Å². The van der Waals surface area contributed by atoms with Gasteiger partial charge < -0.3 is 24.6 Å². The van der Waals surface area contributed by atoms with E-state index in [1.807, 2.05) is 36.4 Å². The normalized spacial score (nSPS) is 28.1. The topological polar surface area (TPSA) is 82.5 Å². The number of likely N-dealkylation sites (tertiary alicyclic amines) is 1. The van der Waals surface area contributed by atoms with Crippen molar-refractivity contribution in [3.8, 4) is 17.2 Å². The van der Waals surface area contributed by atoms with E-state index in [4.69, 9.17) is 4.74 Å². The number of hydrogen-bond acceptors (Lipinski definition) is 6. The molecule has 234 valence electrons. The van der Waals surface area contributed by atoms with E-state index in [0.29, 0.717) is 30.7 Å². The van der Waals surface area contributed by atoms with Crippen LogP contribution in [0, 0.1) is 0 Å². The maximum absolute atomic E-state index is 13.5. The highest BCUT2D eigenvalue weighted by Crippen LogP contribution is 2.64. The van der Waals surface area contributed by atoms with Crippen LogP contribution in [0.3, 0.4) is 0 Å². The predicted octanol–water partition coefficient (Wildman–Crippen LogP) is 5.00. The molecular weight excluding hydrogens is 585 g/mol. The summed E-state index contributed by atoms with van der Waals surface area (Å²) in [5, 5.41) is 23.5. The number of carbonyl (C=O) groups excluding carboxylic acids is 1. The van der Waals surface area contributed by atoms with E-state index in [1.165, 1.54) is 40.8 Å². The van der Waals surface area contributed by atoms with Gasteiger partial charge in [0.1, 0.15) is 17.5 Å². The second-order valence-corrected chi connectivity index (χ2v) is 12.3. The first-order valence-corrected chi connectivity index (χ1v) is 15.0. The number of carbonyl (C=O) groups is 1. The number of rotatable bonds is 7. The molecule has 3 aromatic carbocycles. The first kappa shape index (κ1) is 29.4. The summed E-state index contributed by atoms with van der Waals surface area (Å²) in [4.78, 5) is 17.3. The van der Waals surface area contributed by atoms with Crippen molar-refractivity contribution in [2.24, 2.45) is 0 Å². The Morgan fingerprint density at radius 1 is 1.16 bits per heavy atom. The number of phenolic OH excluding ortho intramolecular Hbond substituents is 1. The van der Waals surface area contributed by atoms with Gasteiger partial charge in [-0.15, -0.1) is 13.2 Å². The summed E-state index contributed by atoms with van der Waals surface area (Å²) in [7, 11) is 1.63. The smallest absolute Gasteiger partial charge is 0.504 e. The van der Waals surface area contributed by atoms with Gasteiger partial charge in [0.25, 0.3) is 0 Å². The number of amides is 1. The molecule has 10 heteroatoms. The maximum Gasteiger partial charge on any atom is 0.573 e. The number of aromatic hydroxyl groups is 1. The largest absolute Gasteiger partial charge is 0.573 e. The molecule has 2 aliphatic heterocycles. The van der Waals surface area contributed by atoms with Crippen molar-refractivity contribution in [2.45, 2.75) is 54.8 Å². The van der Waals surface area contributed by atoms with Gasteiger partial charge in [0, 0.05) is 31.3 Å². The monoisotopic (exact) mass is 618 g/mol. The van der Waals surface area contributed by atoms with Gasteiger partial charge in [-0.2, -0.15) is 0 Å². The van der Waals surface area contributed by atoms with Gasteiger partial charge in [-0.1, -0.05) is 60.7 Å². The Morgan fingerprint density at radius 2 is 1.96 bits per heavy atom. The van der Waals surface area contributed by atoms with Gasteiger partial charge in [-0.05, 0) is 66.8 Å². The molecular formula is C35H33F3N2O5. The molecule has 2 aliphatic carbocycles. The number of piperidine rings is 1. The lowest BCUT2D eigenvalue weighted by Gasteiger charge is -2.62. The number of benzene rings is 3. The summed E-state index contributed by atoms with van der Waals surface area (Å²) in [5.74, 6) is -0.420. The van der Waals surface area contributed by atoms with Crippen LogP contribution in [0.4, 0.5) is 13.2 Å². The second kappa shape index (κ2) is 10.7. The highest BCUT2D eigenvalue weighted by molar-refractivity contribution is 5.92. The third-order valence-corrected chi connectivity index (χ3v) is 9.96. The van der Waals surface area contributed by atoms with Crippen LogP contribution in [0.5, 0.6) is 17.2 Å². The number of phenols is 1. The number of nitrogens with zero attached hydrogens (tertiary/aromatic N) is 2. The fourth-order valence-electron chi connectivity index (χ4n) is 7.93. The quantitative estimate of drug-likeness (QED) is 0.287. The van der Waals surface area contributed by atoms with Crippen molar-refractivity contribution in [2.75, 3.05) is 20.1 Å². The molecule has 1 saturated heterocycles. The predicted molar refractivity (Wildman–Crippen MR) is 161 cm³/mol. The van der Waals surface area contributed by atoms with Crippen molar-refractivity contribution in [1.29, 1.82) is 0 Å². The lowest BCUT2D eigenvalue weighted by molar-refractivity contribution is -0.274. The molecule has 0 saturated carbocycles. The highest BCUT2D eigenvalue weighted by atomic mass is 19.4. The summed E-state index contributed by atoms with van der Waals surface area (Å²) in [6, 6.07) is 18.4. The number of alkyl halides is 3. The minimum absolute atomic E-state index is 0.00147.